The fourth-order valence-corrected chi connectivity index (χ4v) is 5.40. The van der Waals surface area contributed by atoms with E-state index in [1.165, 1.54) is 0 Å². The quantitative estimate of drug-likeness (QED) is 0.839. The fraction of sp³-hybridized carbons (Fsp3) is 0.562. The van der Waals surface area contributed by atoms with Gasteiger partial charge in [0.2, 0.25) is 0 Å². The number of hydrogen-bond donors (Lipinski definition) is 0. The van der Waals surface area contributed by atoms with Crippen molar-refractivity contribution in [2.24, 2.45) is 11.8 Å². The van der Waals surface area contributed by atoms with Crippen LogP contribution in [-0.4, -0.2) is 13.7 Å². The Balaban J connectivity index is 2.45. The van der Waals surface area contributed by atoms with Crippen molar-refractivity contribution in [2.45, 2.75) is 50.2 Å². The molecule has 1 fully saturated rings. The summed E-state index contributed by atoms with van der Waals surface area (Å²) in [6.07, 6.45) is 2.22. The standard InChI is InChI=1S/C16H21NO2S/c1-11-5-7-15(13(3)8-11)20(18,19)16-9-12(2)4-6-14(16)10-17/h5,7-8,12,14,16H,4,6,9H2,1-3H3. The first kappa shape index (κ1) is 15.1. The molecule has 0 amide bonds. The molecule has 2 rings (SSSR count). The molecule has 3 atom stereocenters. The Morgan fingerprint density at radius 1 is 1.25 bits per heavy atom. The molecular formula is C16H21NO2S. The molecule has 0 heterocycles. The van der Waals surface area contributed by atoms with E-state index in [0.29, 0.717) is 23.7 Å². The van der Waals surface area contributed by atoms with Crippen molar-refractivity contribution in [3.05, 3.63) is 29.3 Å². The van der Waals surface area contributed by atoms with Crippen molar-refractivity contribution in [3.63, 3.8) is 0 Å². The molecule has 1 aromatic carbocycles. The highest BCUT2D eigenvalue weighted by molar-refractivity contribution is 7.92. The van der Waals surface area contributed by atoms with E-state index in [9.17, 15) is 13.7 Å². The molecule has 20 heavy (non-hydrogen) atoms. The van der Waals surface area contributed by atoms with E-state index >= 15 is 0 Å². The van der Waals surface area contributed by atoms with Crippen molar-refractivity contribution in [1.29, 1.82) is 5.26 Å². The molecule has 0 aliphatic heterocycles. The lowest BCUT2D eigenvalue weighted by Crippen LogP contribution is -2.35. The van der Waals surface area contributed by atoms with Crippen LogP contribution in [-0.2, 0) is 9.84 Å². The average molecular weight is 291 g/mol. The highest BCUT2D eigenvalue weighted by Crippen LogP contribution is 2.36. The second kappa shape index (κ2) is 5.57. The molecular weight excluding hydrogens is 270 g/mol. The largest absolute Gasteiger partial charge is 0.223 e. The van der Waals surface area contributed by atoms with Gasteiger partial charge in [-0.15, -0.1) is 0 Å². The Kier molecular flexibility index (Phi) is 4.19. The van der Waals surface area contributed by atoms with Crippen LogP contribution in [0.1, 0.15) is 37.3 Å². The Hall–Kier alpha value is -1.34. The molecule has 0 bridgehead atoms. The Morgan fingerprint density at radius 3 is 2.55 bits per heavy atom. The van der Waals surface area contributed by atoms with Gasteiger partial charge in [-0.25, -0.2) is 8.42 Å². The molecule has 0 aromatic heterocycles. The summed E-state index contributed by atoms with van der Waals surface area (Å²) in [5, 5.41) is 8.70. The number of rotatable bonds is 2. The zero-order valence-electron chi connectivity index (χ0n) is 12.3. The maximum Gasteiger partial charge on any atom is 0.182 e. The summed E-state index contributed by atoms with van der Waals surface area (Å²) in [6.45, 7) is 5.84. The van der Waals surface area contributed by atoms with Gasteiger partial charge < -0.3 is 0 Å². The molecule has 1 aromatic rings. The van der Waals surface area contributed by atoms with Crippen LogP contribution < -0.4 is 0 Å². The van der Waals surface area contributed by atoms with Gasteiger partial charge >= 0.3 is 0 Å². The van der Waals surface area contributed by atoms with Gasteiger partial charge in [-0.2, -0.15) is 5.26 Å². The summed E-state index contributed by atoms with van der Waals surface area (Å²) in [5.41, 5.74) is 1.83. The third-order valence-electron chi connectivity index (χ3n) is 4.26. The number of benzene rings is 1. The van der Waals surface area contributed by atoms with Crippen LogP contribution in [0.3, 0.4) is 0 Å². The fourth-order valence-electron chi connectivity index (χ4n) is 3.10. The minimum absolute atomic E-state index is 0.366. The molecule has 3 unspecified atom stereocenters. The maximum absolute atomic E-state index is 12.9. The highest BCUT2D eigenvalue weighted by Gasteiger charge is 2.39. The van der Waals surface area contributed by atoms with Gasteiger partial charge in [0.1, 0.15) is 0 Å². The molecule has 0 radical (unpaired) electrons. The monoisotopic (exact) mass is 291 g/mol. The van der Waals surface area contributed by atoms with Gasteiger partial charge in [0.05, 0.1) is 22.1 Å². The zero-order chi connectivity index (χ0) is 14.9. The normalized spacial score (nSPS) is 27.0. The average Bonchev–Trinajstić information content (AvgIpc) is 2.38. The van der Waals surface area contributed by atoms with Gasteiger partial charge in [0.15, 0.2) is 9.84 Å². The molecule has 0 N–H and O–H groups in total. The van der Waals surface area contributed by atoms with E-state index in [1.54, 1.807) is 6.07 Å². The van der Waals surface area contributed by atoms with Crippen LogP contribution in [0.4, 0.5) is 0 Å². The summed E-state index contributed by atoms with van der Waals surface area (Å²) in [5.74, 6) is -0.0120. The van der Waals surface area contributed by atoms with Gasteiger partial charge in [-0.05, 0) is 50.7 Å². The molecule has 1 aliphatic rings. The minimum Gasteiger partial charge on any atom is -0.223 e. The summed E-state index contributed by atoms with van der Waals surface area (Å²) >= 11 is 0. The molecule has 3 nitrogen and oxygen atoms in total. The van der Waals surface area contributed by atoms with Crippen LogP contribution in [0, 0.1) is 37.0 Å². The van der Waals surface area contributed by atoms with Crippen LogP contribution >= 0.6 is 0 Å². The molecule has 0 saturated heterocycles. The first-order chi connectivity index (χ1) is 9.36. The second-order valence-corrected chi connectivity index (χ2v) is 8.14. The van der Waals surface area contributed by atoms with Crippen molar-refractivity contribution in [3.8, 4) is 6.07 Å². The third kappa shape index (κ3) is 2.73. The number of hydrogen-bond acceptors (Lipinski definition) is 3. The first-order valence-electron chi connectivity index (χ1n) is 7.07. The van der Waals surface area contributed by atoms with Crippen molar-refractivity contribution < 1.29 is 8.42 Å². The van der Waals surface area contributed by atoms with Crippen LogP contribution in [0.2, 0.25) is 0 Å². The third-order valence-corrected chi connectivity index (χ3v) is 6.64. The van der Waals surface area contributed by atoms with E-state index < -0.39 is 15.1 Å². The lowest BCUT2D eigenvalue weighted by Gasteiger charge is -2.31. The van der Waals surface area contributed by atoms with Crippen LogP contribution in [0.25, 0.3) is 0 Å². The van der Waals surface area contributed by atoms with Gasteiger partial charge in [-0.1, -0.05) is 24.6 Å². The Bertz CT molecular complexity index is 643. The molecule has 1 saturated carbocycles. The summed E-state index contributed by atoms with van der Waals surface area (Å²) in [7, 11) is -3.43. The molecule has 108 valence electrons. The predicted octanol–water partition coefficient (Wildman–Crippen LogP) is 3.41. The summed E-state index contributed by atoms with van der Waals surface area (Å²) in [6, 6.07) is 7.61. The van der Waals surface area contributed by atoms with E-state index in [-0.39, 0.29) is 5.92 Å². The minimum atomic E-state index is -3.43. The van der Waals surface area contributed by atoms with Gasteiger partial charge in [-0.3, -0.25) is 0 Å². The first-order valence-corrected chi connectivity index (χ1v) is 8.61. The van der Waals surface area contributed by atoms with E-state index in [1.807, 2.05) is 26.0 Å². The lowest BCUT2D eigenvalue weighted by molar-refractivity contribution is 0.334. The zero-order valence-corrected chi connectivity index (χ0v) is 13.1. The number of sulfone groups is 1. The Morgan fingerprint density at radius 2 is 1.95 bits per heavy atom. The molecule has 4 heteroatoms. The van der Waals surface area contributed by atoms with E-state index in [2.05, 4.69) is 13.0 Å². The van der Waals surface area contributed by atoms with Crippen LogP contribution in [0.15, 0.2) is 23.1 Å². The van der Waals surface area contributed by atoms with Crippen molar-refractivity contribution in [1.82, 2.24) is 0 Å². The van der Waals surface area contributed by atoms with Crippen molar-refractivity contribution >= 4 is 9.84 Å². The second-order valence-electron chi connectivity index (χ2n) is 6.01. The SMILES string of the molecule is Cc1ccc(S(=O)(=O)C2CC(C)CCC2C#N)c(C)c1. The molecule has 0 spiro atoms. The number of nitrogens with zero attached hydrogens (tertiary/aromatic N) is 1. The van der Waals surface area contributed by atoms with Gasteiger partial charge in [0.25, 0.3) is 0 Å². The summed E-state index contributed by atoms with van der Waals surface area (Å²) < 4.78 is 25.8. The van der Waals surface area contributed by atoms with Crippen LogP contribution in [0.5, 0.6) is 0 Å². The topological polar surface area (TPSA) is 57.9 Å². The lowest BCUT2D eigenvalue weighted by atomic mass is 9.83. The smallest absolute Gasteiger partial charge is 0.182 e. The molecule has 1 aliphatic carbocycles. The van der Waals surface area contributed by atoms with E-state index in [0.717, 1.165) is 17.5 Å². The number of nitriles is 1. The predicted molar refractivity (Wildman–Crippen MR) is 79.0 cm³/mol. The van der Waals surface area contributed by atoms with Crippen molar-refractivity contribution in [2.75, 3.05) is 0 Å². The Labute approximate surface area is 121 Å². The summed E-state index contributed by atoms with van der Waals surface area (Å²) in [4.78, 5) is 0.391. The van der Waals surface area contributed by atoms with E-state index in [4.69, 9.17) is 0 Å². The highest BCUT2D eigenvalue weighted by atomic mass is 32.2. The van der Waals surface area contributed by atoms with Gasteiger partial charge in [0, 0.05) is 0 Å². The maximum atomic E-state index is 12.9. The number of aryl methyl sites for hydroxylation is 2.